The molecular formula is C74H115ClF6N12O13. The van der Waals surface area contributed by atoms with Crippen molar-refractivity contribution >= 4 is 82.5 Å². The Kier molecular flexibility index (Phi) is 29.5. The van der Waals surface area contributed by atoms with Gasteiger partial charge in [0.1, 0.15) is 47.8 Å². The Bertz CT molecular complexity index is 3140. The molecule has 8 rings (SSSR count). The number of carbonyl (C=O) groups is 12. The summed E-state index contributed by atoms with van der Waals surface area (Å²) in [5.41, 5.74) is -1.61. The van der Waals surface area contributed by atoms with Gasteiger partial charge in [0.15, 0.2) is 0 Å². The zero-order chi connectivity index (χ0) is 78.0. The third kappa shape index (κ3) is 20.3. The maximum absolute atomic E-state index is 15.9. The van der Waals surface area contributed by atoms with Crippen LogP contribution >= 0.6 is 11.6 Å². The largest absolute Gasteiger partial charge is 0.393 e. The van der Waals surface area contributed by atoms with Crippen molar-refractivity contribution in [2.24, 2.45) is 35.5 Å². The molecule has 106 heavy (non-hydrogen) atoms. The van der Waals surface area contributed by atoms with Gasteiger partial charge in [-0.25, -0.2) is 0 Å². The Morgan fingerprint density at radius 2 is 1.19 bits per heavy atom. The maximum atomic E-state index is 15.9. The zero-order valence-corrected chi connectivity index (χ0v) is 64.3. The lowest BCUT2D eigenvalue weighted by atomic mass is 9.78. The molecule has 0 radical (unpaired) electrons. The number of hydrogen-bond donors (Lipinski definition) is 3. The molecule has 0 aromatic rings. The fourth-order valence-electron chi connectivity index (χ4n) is 17.8. The molecule has 0 aromatic carbocycles. The topological polar surface area (TPSA) is 279 Å². The minimum absolute atomic E-state index is 0.00534. The van der Waals surface area contributed by atoms with E-state index in [0.29, 0.717) is 57.8 Å². The standard InChI is InChI=1S/C74H115ClF6N12O13/c1-11-19-54-64(98)83-62(44(3)12-2)69(103)87(6)40-60(96)85(4)41-61(97)89(8)56(37-46-23-27-48(28-24-46)73(76,77)78)67(101)86(5)39-58(94)82-53(32-26-45-25-31-51(52(75)36-45)74(79,80)81)66(100)92-35-18-22-55(92)65(99)84-72(33-16-17-34-72)71(105)91(10)63(47-20-14-13-15-21-47)70(104)90(9)57(38-59(95)88(54)7)68(102)93-49-29-30-50(93)43-106-42-49/h44-57,62-63H,11-43H2,1-10H3,(H,82,94)(H,83,98)(H,84,99)/t44-,45?,46?,48?,49?,50?,51?,52?,53-,54-,55-,56-,57-,62-,63-/m0/s1. The summed E-state index contributed by atoms with van der Waals surface area (Å²) < 4.78 is 89.9. The van der Waals surface area contributed by atoms with E-state index in [-0.39, 0.29) is 122 Å². The van der Waals surface area contributed by atoms with Gasteiger partial charge in [0, 0.05) is 61.3 Å². The SMILES string of the molecule is CCC[C@H]1C(=O)N[C@@H]([C@@H](C)CC)C(=O)N(C)CC(=O)N(C)CC(=O)N(C)[C@@H](CC2CCC(C(F)(F)F)CC2)C(=O)N(C)CC(=O)N[C@@H](CCC2CCC(C(F)(F)F)C(Cl)C2)C(=O)N2CCC[C@H]2C(=O)NC2(CCCC2)C(=O)N(C)[C@@H](C2CCCCC2)C(=O)N(C)[C@H](C(=O)N2C3CCC2COC3)CC(=O)N1C. The van der Waals surface area contributed by atoms with Gasteiger partial charge in [-0.3, -0.25) is 57.5 Å². The normalized spacial score (nSPS) is 32.2. The van der Waals surface area contributed by atoms with Crippen LogP contribution in [0.4, 0.5) is 26.3 Å². The molecule has 32 heteroatoms. The molecule has 12 amide bonds. The van der Waals surface area contributed by atoms with Crippen LogP contribution in [0, 0.1) is 35.5 Å². The lowest BCUT2D eigenvalue weighted by molar-refractivity contribution is -0.184. The van der Waals surface area contributed by atoms with Gasteiger partial charge in [0.25, 0.3) is 0 Å². The molecule has 4 saturated heterocycles. The van der Waals surface area contributed by atoms with Crippen molar-refractivity contribution in [2.45, 2.75) is 272 Å². The molecular weight excluding hydrogens is 1410 g/mol. The summed E-state index contributed by atoms with van der Waals surface area (Å²) in [6.07, 6.45) is -3.40. The second-order valence-electron chi connectivity index (χ2n) is 31.9. The highest BCUT2D eigenvalue weighted by molar-refractivity contribution is 6.21. The van der Waals surface area contributed by atoms with Crippen LogP contribution < -0.4 is 16.0 Å². The second kappa shape index (κ2) is 36.8. The molecule has 4 saturated carbocycles. The van der Waals surface area contributed by atoms with Crippen molar-refractivity contribution in [1.29, 1.82) is 0 Å². The van der Waals surface area contributed by atoms with Crippen LogP contribution in [0.2, 0.25) is 0 Å². The molecule has 5 unspecified atom stereocenters. The van der Waals surface area contributed by atoms with Crippen LogP contribution in [0.3, 0.4) is 0 Å². The molecule has 25 nitrogen and oxygen atoms in total. The van der Waals surface area contributed by atoms with Gasteiger partial charge in [0.05, 0.1) is 63.2 Å². The Morgan fingerprint density at radius 1 is 0.585 bits per heavy atom. The van der Waals surface area contributed by atoms with Crippen molar-refractivity contribution in [1.82, 2.24) is 60.0 Å². The summed E-state index contributed by atoms with van der Waals surface area (Å²) in [5.74, 6) is -13.8. The van der Waals surface area contributed by atoms with Gasteiger partial charge >= 0.3 is 12.4 Å². The molecule has 4 heterocycles. The van der Waals surface area contributed by atoms with E-state index in [9.17, 15) is 55.1 Å². The number of ether oxygens (including phenoxy) is 1. The van der Waals surface area contributed by atoms with Gasteiger partial charge in [-0.2, -0.15) is 26.3 Å². The molecule has 0 aromatic heterocycles. The van der Waals surface area contributed by atoms with Crippen LogP contribution in [-0.2, 0) is 62.3 Å². The number of rotatable bonds is 11. The summed E-state index contributed by atoms with van der Waals surface area (Å²) in [6.45, 7) is 3.74. The quantitative estimate of drug-likeness (QED) is 0.149. The number of amides is 12. The fourth-order valence-corrected chi connectivity index (χ4v) is 18.4. The highest BCUT2D eigenvalue weighted by Crippen LogP contribution is 2.45. The number of morpholine rings is 1. The van der Waals surface area contributed by atoms with E-state index in [0.717, 1.165) is 38.9 Å². The van der Waals surface area contributed by atoms with Crippen LogP contribution in [-0.4, -0.2) is 281 Å². The average Bonchev–Trinajstić information content (AvgIpc) is 1.55. The van der Waals surface area contributed by atoms with Crippen molar-refractivity contribution < 1.29 is 88.6 Å². The number of likely N-dealkylation sites (N-methyl/N-ethyl adjacent to an activating group) is 7. The summed E-state index contributed by atoms with van der Waals surface area (Å²) >= 11 is 6.40. The van der Waals surface area contributed by atoms with Crippen molar-refractivity contribution in [3.63, 3.8) is 0 Å². The molecule has 598 valence electrons. The van der Waals surface area contributed by atoms with Crippen molar-refractivity contribution in [3.8, 4) is 0 Å². The van der Waals surface area contributed by atoms with Gasteiger partial charge < -0.3 is 64.8 Å². The summed E-state index contributed by atoms with van der Waals surface area (Å²) in [7, 11) is 9.52. The summed E-state index contributed by atoms with van der Waals surface area (Å²) in [5, 5.41) is 7.41. The first-order chi connectivity index (χ1) is 49.9. The molecule has 4 aliphatic carbocycles. The van der Waals surface area contributed by atoms with Gasteiger partial charge in [0.2, 0.25) is 70.9 Å². The van der Waals surface area contributed by atoms with E-state index in [1.165, 1.54) is 68.9 Å². The first-order valence-electron chi connectivity index (χ1n) is 38.6. The minimum Gasteiger partial charge on any atom is -0.377 e. The Morgan fingerprint density at radius 3 is 1.78 bits per heavy atom. The Hall–Kier alpha value is -6.53. The van der Waals surface area contributed by atoms with Crippen LogP contribution in [0.15, 0.2) is 0 Å². The number of alkyl halides is 7. The van der Waals surface area contributed by atoms with Gasteiger partial charge in [-0.05, 0) is 146 Å². The molecule has 3 N–H and O–H groups in total. The van der Waals surface area contributed by atoms with E-state index in [4.69, 9.17) is 16.3 Å². The predicted molar refractivity (Wildman–Crippen MR) is 379 cm³/mol. The second-order valence-corrected chi connectivity index (χ2v) is 32.5. The molecule has 1 spiro atoms. The van der Waals surface area contributed by atoms with E-state index in [1.54, 1.807) is 25.7 Å². The molecule has 8 aliphatic rings. The Balaban J connectivity index is 1.17. The first-order valence-corrected chi connectivity index (χ1v) is 39.1. The summed E-state index contributed by atoms with van der Waals surface area (Å²) in [6, 6.07) is -9.97. The number of halogens is 7. The van der Waals surface area contributed by atoms with Crippen molar-refractivity contribution in [2.75, 3.05) is 88.7 Å². The molecule has 2 bridgehead atoms. The molecule has 13 atom stereocenters. The average molecular weight is 1530 g/mol. The monoisotopic (exact) mass is 1530 g/mol. The fraction of sp³-hybridized carbons (Fsp3) is 0.838. The highest BCUT2D eigenvalue weighted by atomic mass is 35.5. The van der Waals surface area contributed by atoms with Crippen LogP contribution in [0.5, 0.6) is 0 Å². The van der Waals surface area contributed by atoms with Gasteiger partial charge in [-0.15, -0.1) is 11.6 Å². The van der Waals surface area contributed by atoms with Crippen molar-refractivity contribution in [3.05, 3.63) is 0 Å². The van der Waals surface area contributed by atoms with E-state index >= 15 is 28.8 Å². The maximum Gasteiger partial charge on any atom is 0.393 e. The highest BCUT2D eigenvalue weighted by Gasteiger charge is 2.54. The molecule has 4 aliphatic heterocycles. The van der Waals surface area contributed by atoms with Crippen LogP contribution in [0.1, 0.15) is 194 Å². The number of nitrogens with one attached hydrogen (secondary N) is 3. The van der Waals surface area contributed by atoms with Crippen LogP contribution in [0.25, 0.3) is 0 Å². The zero-order valence-electron chi connectivity index (χ0n) is 63.6. The van der Waals surface area contributed by atoms with E-state index in [2.05, 4.69) is 16.0 Å². The minimum atomic E-state index is -4.55. The number of fused-ring (bicyclic) bond motifs is 3. The smallest absolute Gasteiger partial charge is 0.377 e. The summed E-state index contributed by atoms with van der Waals surface area (Å²) in [4.78, 5) is 192. The number of hydrogen-bond acceptors (Lipinski definition) is 13. The predicted octanol–water partition coefficient (Wildman–Crippen LogP) is 6.40. The molecule has 8 fully saturated rings. The van der Waals surface area contributed by atoms with Gasteiger partial charge in [-0.1, -0.05) is 65.7 Å². The van der Waals surface area contributed by atoms with E-state index < -0.39 is 198 Å². The third-order valence-corrected chi connectivity index (χ3v) is 25.2. The number of carbonyl (C=O) groups excluding carboxylic acids is 12. The lowest BCUT2D eigenvalue weighted by Crippen LogP contribution is -2.65. The van der Waals surface area contributed by atoms with E-state index in [1.807, 2.05) is 0 Å². The number of nitrogens with zero attached hydrogens (tertiary/aromatic N) is 9. The first kappa shape index (κ1) is 85.1. The third-order valence-electron chi connectivity index (χ3n) is 24.7. The lowest BCUT2D eigenvalue weighted by Gasteiger charge is -2.44. The Labute approximate surface area is 624 Å².